The van der Waals surface area contributed by atoms with Crippen LogP contribution in [0.1, 0.15) is 61.4 Å². The van der Waals surface area contributed by atoms with Gasteiger partial charge < -0.3 is 9.80 Å². The zero-order valence-corrected chi connectivity index (χ0v) is 18.1. The molecule has 0 unspecified atom stereocenters. The Balaban J connectivity index is 1.54. The van der Waals surface area contributed by atoms with Crippen molar-refractivity contribution < 1.29 is 4.79 Å². The van der Waals surface area contributed by atoms with Gasteiger partial charge in [0.05, 0.1) is 16.8 Å². The van der Waals surface area contributed by atoms with Crippen LogP contribution in [0, 0.1) is 0 Å². The molecule has 1 aliphatic carbocycles. The first-order chi connectivity index (χ1) is 14.0. The summed E-state index contributed by atoms with van der Waals surface area (Å²) in [5.74, 6) is 0.680. The molecule has 29 heavy (non-hydrogen) atoms. The second kappa shape index (κ2) is 8.31. The molecule has 2 aromatic rings. The number of likely N-dealkylation sites (tertiary alicyclic amines) is 1. The van der Waals surface area contributed by atoms with Crippen LogP contribution in [0.15, 0.2) is 36.4 Å². The monoisotopic (exact) mass is 394 g/mol. The average molecular weight is 395 g/mol. The molecule has 156 valence electrons. The van der Waals surface area contributed by atoms with Gasteiger partial charge in [-0.25, -0.2) is 0 Å². The summed E-state index contributed by atoms with van der Waals surface area (Å²) < 4.78 is 2.00. The molecule has 2 aliphatic rings. The summed E-state index contributed by atoms with van der Waals surface area (Å²) >= 11 is 0. The lowest BCUT2D eigenvalue weighted by atomic mass is 9.77. The molecule has 0 bridgehead atoms. The van der Waals surface area contributed by atoms with E-state index < -0.39 is 0 Å². The number of benzene rings is 1. The molecule has 1 saturated carbocycles. The number of nitrogens with zero attached hydrogens (tertiary/aromatic N) is 4. The van der Waals surface area contributed by atoms with Gasteiger partial charge in [0.2, 0.25) is 5.91 Å². The van der Waals surface area contributed by atoms with Gasteiger partial charge in [-0.15, -0.1) is 0 Å². The topological polar surface area (TPSA) is 41.4 Å². The summed E-state index contributed by atoms with van der Waals surface area (Å²) in [6.07, 6.45) is 6.42. The number of aromatic nitrogens is 2. The first kappa shape index (κ1) is 20.1. The summed E-state index contributed by atoms with van der Waals surface area (Å²) in [4.78, 5) is 18.1. The number of carbonyl (C=O) groups is 1. The fraction of sp³-hybridized carbons (Fsp3) is 0.583. The number of aryl methyl sites for hydroxylation is 1. The highest BCUT2D eigenvalue weighted by Gasteiger charge is 2.45. The third-order valence-electron chi connectivity index (χ3n) is 6.79. The Morgan fingerprint density at radius 3 is 2.59 bits per heavy atom. The molecule has 0 radical (unpaired) electrons. The lowest BCUT2D eigenvalue weighted by molar-refractivity contribution is -0.138. The maximum Gasteiger partial charge on any atom is 0.233 e. The maximum absolute atomic E-state index is 13.8. The zero-order chi connectivity index (χ0) is 20.4. The Labute approximate surface area is 174 Å². The van der Waals surface area contributed by atoms with Gasteiger partial charge in [-0.05, 0) is 51.4 Å². The van der Waals surface area contributed by atoms with Crippen molar-refractivity contribution >= 4 is 5.91 Å². The molecule has 1 amide bonds. The molecule has 4 rings (SSSR count). The molecule has 0 spiro atoms. The number of hydrogen-bond donors (Lipinski definition) is 0. The van der Waals surface area contributed by atoms with Crippen molar-refractivity contribution in [3.63, 3.8) is 0 Å². The van der Waals surface area contributed by atoms with E-state index in [1.54, 1.807) is 0 Å². The summed E-state index contributed by atoms with van der Waals surface area (Å²) in [5.41, 5.74) is 3.26. The molecular formula is C24H34N4O. The van der Waals surface area contributed by atoms with Gasteiger partial charge in [0.1, 0.15) is 0 Å². The predicted octanol–water partition coefficient (Wildman–Crippen LogP) is 3.70. The molecule has 2 heterocycles. The van der Waals surface area contributed by atoms with Crippen LogP contribution in [0.4, 0.5) is 0 Å². The van der Waals surface area contributed by atoms with E-state index in [2.05, 4.69) is 54.2 Å². The van der Waals surface area contributed by atoms with E-state index in [-0.39, 0.29) is 5.41 Å². The Bertz CT molecular complexity index is 836. The van der Waals surface area contributed by atoms with E-state index in [0.717, 1.165) is 63.9 Å². The lowest BCUT2D eigenvalue weighted by Crippen LogP contribution is -2.49. The van der Waals surface area contributed by atoms with Crippen LogP contribution in [0.25, 0.3) is 0 Å². The molecule has 1 aromatic carbocycles. The predicted molar refractivity (Wildman–Crippen MR) is 116 cm³/mol. The van der Waals surface area contributed by atoms with Crippen LogP contribution < -0.4 is 0 Å². The van der Waals surface area contributed by atoms with Crippen molar-refractivity contribution in [2.45, 2.75) is 56.4 Å². The minimum atomic E-state index is -0.316. The summed E-state index contributed by atoms with van der Waals surface area (Å²) in [7, 11) is 6.19. The molecule has 1 aromatic heterocycles. The second-order valence-corrected chi connectivity index (χ2v) is 9.17. The molecule has 5 heteroatoms. The fourth-order valence-corrected chi connectivity index (χ4v) is 5.27. The third kappa shape index (κ3) is 3.97. The van der Waals surface area contributed by atoms with Gasteiger partial charge >= 0.3 is 0 Å². The third-order valence-corrected chi connectivity index (χ3v) is 6.79. The highest BCUT2D eigenvalue weighted by atomic mass is 16.2. The quantitative estimate of drug-likeness (QED) is 0.776. The highest BCUT2D eigenvalue weighted by Crippen LogP contribution is 2.43. The summed E-state index contributed by atoms with van der Waals surface area (Å²) in [6, 6.07) is 12.7. The van der Waals surface area contributed by atoms with E-state index >= 15 is 0 Å². The van der Waals surface area contributed by atoms with E-state index in [1.807, 2.05) is 17.8 Å². The van der Waals surface area contributed by atoms with Crippen LogP contribution in [0.3, 0.4) is 0 Å². The molecule has 1 atom stereocenters. The van der Waals surface area contributed by atoms with Crippen LogP contribution in [0.2, 0.25) is 0 Å². The largest absolute Gasteiger partial charge is 0.341 e. The Morgan fingerprint density at radius 1 is 1.17 bits per heavy atom. The second-order valence-electron chi connectivity index (χ2n) is 9.17. The number of carbonyl (C=O) groups excluding carboxylic acids is 1. The van der Waals surface area contributed by atoms with Gasteiger partial charge in [-0.1, -0.05) is 43.2 Å². The van der Waals surface area contributed by atoms with Crippen molar-refractivity contribution in [1.29, 1.82) is 0 Å². The SMILES string of the molecule is CN(C)Cc1cc([C@@H]2CCCN(C(=O)C3(c4ccccc4)CCCC3)C2)nn1C. The van der Waals surface area contributed by atoms with E-state index in [4.69, 9.17) is 5.10 Å². The van der Waals surface area contributed by atoms with Crippen LogP contribution >= 0.6 is 0 Å². The van der Waals surface area contributed by atoms with E-state index in [0.29, 0.717) is 11.8 Å². The minimum absolute atomic E-state index is 0.316. The molecular weight excluding hydrogens is 360 g/mol. The summed E-state index contributed by atoms with van der Waals surface area (Å²) in [6.45, 7) is 2.56. The van der Waals surface area contributed by atoms with E-state index in [9.17, 15) is 4.79 Å². The molecule has 5 nitrogen and oxygen atoms in total. The summed E-state index contributed by atoms with van der Waals surface area (Å²) in [5, 5.41) is 4.81. The van der Waals surface area contributed by atoms with Gasteiger partial charge in [0.15, 0.2) is 0 Å². The first-order valence-corrected chi connectivity index (χ1v) is 11.0. The minimum Gasteiger partial charge on any atom is -0.341 e. The number of hydrogen-bond acceptors (Lipinski definition) is 3. The van der Waals surface area contributed by atoms with Gasteiger partial charge in [-0.3, -0.25) is 9.48 Å². The van der Waals surface area contributed by atoms with Crippen molar-refractivity contribution in [2.75, 3.05) is 27.2 Å². The van der Waals surface area contributed by atoms with Gasteiger partial charge in [0.25, 0.3) is 0 Å². The lowest BCUT2D eigenvalue weighted by Gasteiger charge is -2.39. The van der Waals surface area contributed by atoms with Crippen molar-refractivity contribution in [2.24, 2.45) is 7.05 Å². The standard InChI is InChI=1S/C24H34N4O/c1-26(2)18-21-16-22(25-27(21)3)19-10-9-15-28(17-19)23(29)24(13-7-8-14-24)20-11-5-4-6-12-20/h4-6,11-12,16,19H,7-10,13-15,17-18H2,1-3H3/t19-/m1/s1. The fourth-order valence-electron chi connectivity index (χ4n) is 5.27. The number of amides is 1. The highest BCUT2D eigenvalue weighted by molar-refractivity contribution is 5.88. The molecule has 1 saturated heterocycles. The zero-order valence-electron chi connectivity index (χ0n) is 18.1. The average Bonchev–Trinajstić information content (AvgIpc) is 3.36. The Morgan fingerprint density at radius 2 is 1.90 bits per heavy atom. The van der Waals surface area contributed by atoms with Crippen LogP contribution in [-0.2, 0) is 23.8 Å². The Hall–Kier alpha value is -2.14. The number of rotatable bonds is 5. The van der Waals surface area contributed by atoms with E-state index in [1.165, 1.54) is 11.3 Å². The first-order valence-electron chi connectivity index (χ1n) is 11.0. The van der Waals surface area contributed by atoms with Crippen LogP contribution in [0.5, 0.6) is 0 Å². The normalized spacial score (nSPS) is 21.7. The van der Waals surface area contributed by atoms with Crippen molar-refractivity contribution in [1.82, 2.24) is 19.6 Å². The maximum atomic E-state index is 13.8. The van der Waals surface area contributed by atoms with Gasteiger partial charge in [-0.2, -0.15) is 5.10 Å². The Kier molecular flexibility index (Phi) is 5.77. The van der Waals surface area contributed by atoms with Gasteiger partial charge in [0, 0.05) is 32.6 Å². The number of piperidine rings is 1. The molecule has 2 fully saturated rings. The molecule has 1 aliphatic heterocycles. The molecule has 0 N–H and O–H groups in total. The van der Waals surface area contributed by atoms with Crippen LogP contribution in [-0.4, -0.2) is 52.7 Å². The van der Waals surface area contributed by atoms with Crippen molar-refractivity contribution in [3.05, 3.63) is 53.3 Å². The van der Waals surface area contributed by atoms with Crippen molar-refractivity contribution in [3.8, 4) is 0 Å². The smallest absolute Gasteiger partial charge is 0.233 e.